The van der Waals surface area contributed by atoms with Crippen molar-refractivity contribution in [1.82, 2.24) is 10.3 Å². The highest BCUT2D eigenvalue weighted by atomic mass is 16.6. The van der Waals surface area contributed by atoms with Crippen molar-refractivity contribution >= 4 is 23.2 Å². The second-order valence-corrected chi connectivity index (χ2v) is 7.79. The molecule has 0 spiro atoms. The third kappa shape index (κ3) is 3.96. The van der Waals surface area contributed by atoms with Crippen molar-refractivity contribution < 1.29 is 14.5 Å². The molecule has 2 N–H and O–H groups in total. The van der Waals surface area contributed by atoms with Gasteiger partial charge in [0.15, 0.2) is 5.78 Å². The fourth-order valence-corrected chi connectivity index (χ4v) is 4.22. The van der Waals surface area contributed by atoms with Crippen molar-refractivity contribution in [2.75, 3.05) is 5.32 Å². The van der Waals surface area contributed by atoms with Crippen LogP contribution in [0.2, 0.25) is 0 Å². The maximum atomic E-state index is 13.4. The second-order valence-electron chi connectivity index (χ2n) is 7.79. The number of anilines is 1. The molecule has 158 valence electrons. The molecule has 1 aromatic heterocycles. The molecule has 0 fully saturated rings. The zero-order valence-corrected chi connectivity index (χ0v) is 17.3. The first-order valence-electron chi connectivity index (χ1n) is 10.1. The number of aryl methyl sites for hydroxylation is 1. The van der Waals surface area contributed by atoms with Gasteiger partial charge in [-0.2, -0.15) is 0 Å². The number of non-ortho nitro benzene ring substituents is 1. The highest BCUT2D eigenvalue weighted by molar-refractivity contribution is 6.09. The Bertz CT molecular complexity index is 1170. The van der Waals surface area contributed by atoms with Crippen molar-refractivity contribution in [3.63, 3.8) is 0 Å². The summed E-state index contributed by atoms with van der Waals surface area (Å²) < 4.78 is 0. The average molecular weight is 418 g/mol. The minimum Gasteiger partial charge on any atom is -0.362 e. The summed E-state index contributed by atoms with van der Waals surface area (Å²) in [5, 5.41) is 17.4. The van der Waals surface area contributed by atoms with Crippen molar-refractivity contribution in [3.05, 3.63) is 86.4 Å². The fraction of sp³-hybridized carbons (Fsp3) is 0.261. The quantitative estimate of drug-likeness (QED) is 0.575. The number of amides is 1. The van der Waals surface area contributed by atoms with Crippen LogP contribution in [-0.4, -0.2) is 21.6 Å². The largest absolute Gasteiger partial charge is 0.362 e. The van der Waals surface area contributed by atoms with E-state index in [-0.39, 0.29) is 11.5 Å². The summed E-state index contributed by atoms with van der Waals surface area (Å²) in [6, 6.07) is 9.72. The normalized spacial score (nSPS) is 18.4. The van der Waals surface area contributed by atoms with E-state index >= 15 is 0 Å². The Labute approximate surface area is 179 Å². The van der Waals surface area contributed by atoms with Gasteiger partial charge in [-0.3, -0.25) is 19.7 Å². The van der Waals surface area contributed by atoms with Crippen molar-refractivity contribution in [3.8, 4) is 0 Å². The van der Waals surface area contributed by atoms with E-state index in [1.165, 1.54) is 12.1 Å². The van der Waals surface area contributed by atoms with Crippen LogP contribution in [0.4, 0.5) is 11.5 Å². The van der Waals surface area contributed by atoms with Gasteiger partial charge in [0.05, 0.1) is 4.92 Å². The Morgan fingerprint density at radius 2 is 2.03 bits per heavy atom. The third-order valence-electron chi connectivity index (χ3n) is 5.59. The molecule has 2 aliphatic rings. The van der Waals surface area contributed by atoms with Crippen LogP contribution in [0.25, 0.3) is 0 Å². The molecule has 0 unspecified atom stereocenters. The topological polar surface area (TPSA) is 114 Å². The van der Waals surface area contributed by atoms with Gasteiger partial charge in [0.2, 0.25) is 0 Å². The molecule has 1 aliphatic carbocycles. The smallest absolute Gasteiger partial charge is 0.269 e. The summed E-state index contributed by atoms with van der Waals surface area (Å²) in [5.74, 6) is -0.729. The number of carbonyl (C=O) groups excluding carboxylic acids is 2. The summed E-state index contributed by atoms with van der Waals surface area (Å²) in [6.07, 6.45) is 3.42. The molecular formula is C23H22N4O4. The van der Waals surface area contributed by atoms with Crippen LogP contribution in [0, 0.1) is 17.0 Å². The zero-order chi connectivity index (χ0) is 22.1. The van der Waals surface area contributed by atoms with Gasteiger partial charge in [0.25, 0.3) is 11.6 Å². The summed E-state index contributed by atoms with van der Waals surface area (Å²) in [4.78, 5) is 41.3. The lowest BCUT2D eigenvalue weighted by Gasteiger charge is -2.34. The molecule has 4 rings (SSSR count). The highest BCUT2D eigenvalue weighted by Gasteiger charge is 2.39. The van der Waals surface area contributed by atoms with Gasteiger partial charge in [-0.1, -0.05) is 12.1 Å². The van der Waals surface area contributed by atoms with Gasteiger partial charge < -0.3 is 10.6 Å². The first-order valence-corrected chi connectivity index (χ1v) is 10.1. The first-order chi connectivity index (χ1) is 14.8. The van der Waals surface area contributed by atoms with E-state index < -0.39 is 16.7 Å². The molecule has 1 aliphatic heterocycles. The number of allylic oxidation sites excluding steroid dienone is 3. The van der Waals surface area contributed by atoms with Crippen molar-refractivity contribution in [2.24, 2.45) is 0 Å². The number of nitro benzene ring substituents is 1. The Hall–Kier alpha value is -3.81. The number of Topliss-reactive ketones (excluding diaryl/α,β-unsaturated/α-hetero) is 1. The van der Waals surface area contributed by atoms with E-state index in [9.17, 15) is 19.7 Å². The number of rotatable bonds is 4. The summed E-state index contributed by atoms with van der Waals surface area (Å²) in [6.45, 7) is 3.68. The van der Waals surface area contributed by atoms with Crippen LogP contribution in [0.15, 0.2) is 65.1 Å². The zero-order valence-electron chi connectivity index (χ0n) is 17.3. The lowest BCUT2D eigenvalue weighted by atomic mass is 9.75. The van der Waals surface area contributed by atoms with Crippen LogP contribution in [0.1, 0.15) is 43.2 Å². The molecule has 1 atom stereocenters. The Morgan fingerprint density at radius 1 is 1.23 bits per heavy atom. The molecule has 8 nitrogen and oxygen atoms in total. The first kappa shape index (κ1) is 20.5. The molecular weight excluding hydrogens is 396 g/mol. The number of nitrogens with zero attached hydrogens (tertiary/aromatic N) is 2. The summed E-state index contributed by atoms with van der Waals surface area (Å²) in [7, 11) is 0. The standard InChI is InChI=1S/C23H22N4O4/c1-13-9-10-24-19(11-13)26-23(29)20-14(2)25-17-7-4-8-18(28)22(17)21(20)15-5-3-6-16(12-15)27(30)31/h3,5-6,9-12,21,25H,4,7-8H2,1-2H3,(H,24,26,29)/t21-/m0/s1. The van der Waals surface area contributed by atoms with Crippen LogP contribution in [0.3, 0.4) is 0 Å². The number of ketones is 1. The van der Waals surface area contributed by atoms with E-state index in [2.05, 4.69) is 15.6 Å². The van der Waals surface area contributed by atoms with Gasteiger partial charge in [-0.05, 0) is 49.9 Å². The Morgan fingerprint density at radius 3 is 2.77 bits per heavy atom. The number of hydrogen-bond donors (Lipinski definition) is 2. The lowest BCUT2D eigenvalue weighted by Crippen LogP contribution is -2.35. The SMILES string of the molecule is CC1=C(C(=O)Nc2cc(C)ccn2)[C@H](c2cccc([N+](=O)[O-])c2)C2=C(CCCC2=O)N1. The predicted octanol–water partition coefficient (Wildman–Crippen LogP) is 3.90. The molecule has 0 bridgehead atoms. The van der Waals surface area contributed by atoms with Crippen LogP contribution in [0.5, 0.6) is 0 Å². The number of nitro groups is 1. The monoisotopic (exact) mass is 418 g/mol. The Balaban J connectivity index is 1.82. The summed E-state index contributed by atoms with van der Waals surface area (Å²) in [5.41, 5.74) is 3.68. The molecule has 0 saturated carbocycles. The van der Waals surface area contributed by atoms with Crippen LogP contribution >= 0.6 is 0 Å². The maximum Gasteiger partial charge on any atom is 0.269 e. The van der Waals surface area contributed by atoms with E-state index in [0.29, 0.717) is 41.1 Å². The highest BCUT2D eigenvalue weighted by Crippen LogP contribution is 2.43. The number of benzene rings is 1. The molecule has 0 radical (unpaired) electrons. The third-order valence-corrected chi connectivity index (χ3v) is 5.59. The van der Waals surface area contributed by atoms with E-state index in [1.54, 1.807) is 31.3 Å². The number of pyridine rings is 1. The van der Waals surface area contributed by atoms with Gasteiger partial charge in [-0.25, -0.2) is 4.98 Å². The van der Waals surface area contributed by atoms with Gasteiger partial charge in [0.1, 0.15) is 5.82 Å². The minimum atomic E-state index is -0.686. The molecule has 1 amide bonds. The van der Waals surface area contributed by atoms with E-state index in [0.717, 1.165) is 17.7 Å². The molecule has 2 heterocycles. The second kappa shape index (κ2) is 8.14. The minimum absolute atomic E-state index is 0.0447. The molecule has 1 aromatic carbocycles. The molecule has 2 aromatic rings. The van der Waals surface area contributed by atoms with E-state index in [4.69, 9.17) is 0 Å². The lowest BCUT2D eigenvalue weighted by molar-refractivity contribution is -0.384. The molecule has 8 heteroatoms. The van der Waals surface area contributed by atoms with Crippen molar-refractivity contribution in [1.29, 1.82) is 0 Å². The predicted molar refractivity (Wildman–Crippen MR) is 115 cm³/mol. The van der Waals surface area contributed by atoms with Gasteiger partial charge >= 0.3 is 0 Å². The maximum absolute atomic E-state index is 13.4. The number of hydrogen-bond acceptors (Lipinski definition) is 6. The number of nitrogens with one attached hydrogen (secondary N) is 2. The fourth-order valence-electron chi connectivity index (χ4n) is 4.22. The molecule has 31 heavy (non-hydrogen) atoms. The van der Waals surface area contributed by atoms with Gasteiger partial charge in [0, 0.05) is 53.2 Å². The number of aromatic nitrogens is 1. The average Bonchev–Trinajstić information content (AvgIpc) is 2.73. The van der Waals surface area contributed by atoms with Crippen molar-refractivity contribution in [2.45, 2.75) is 39.0 Å². The van der Waals surface area contributed by atoms with E-state index in [1.807, 2.05) is 13.0 Å². The van der Waals surface area contributed by atoms with Gasteiger partial charge in [-0.15, -0.1) is 0 Å². The van der Waals surface area contributed by atoms with Crippen LogP contribution in [-0.2, 0) is 9.59 Å². The Kier molecular flexibility index (Phi) is 5.37. The van der Waals surface area contributed by atoms with Crippen LogP contribution < -0.4 is 10.6 Å². The summed E-state index contributed by atoms with van der Waals surface area (Å²) >= 11 is 0. The molecule has 0 saturated heterocycles. The number of dihydropyridines is 1. The number of carbonyl (C=O) groups is 2.